The molecule has 3 N–H and O–H groups in total. The number of hydrogen-bond donors (Lipinski definition) is 2. The summed E-state index contributed by atoms with van der Waals surface area (Å²) < 4.78 is 13.2. The molecular formula is C11H15FN2. The topological polar surface area (TPSA) is 38.0 Å². The van der Waals surface area contributed by atoms with Crippen LogP contribution in [0.2, 0.25) is 0 Å². The van der Waals surface area contributed by atoms with E-state index in [2.05, 4.69) is 5.32 Å². The maximum Gasteiger partial charge on any atom is 0.148 e. The van der Waals surface area contributed by atoms with Gasteiger partial charge in [0.25, 0.3) is 0 Å². The molecule has 0 aromatic heterocycles. The van der Waals surface area contributed by atoms with Crippen LogP contribution < -0.4 is 11.1 Å². The number of nitrogens with one attached hydrogen (secondary N) is 1. The molecule has 0 amide bonds. The highest BCUT2D eigenvalue weighted by molar-refractivity contribution is 5.52. The average Bonchev–Trinajstić information content (AvgIpc) is 2.15. The predicted octanol–water partition coefficient (Wildman–Crippen LogP) is 2.79. The molecule has 0 saturated carbocycles. The monoisotopic (exact) mass is 194 g/mol. The molecule has 0 saturated heterocycles. The lowest BCUT2D eigenvalue weighted by Gasteiger charge is -2.06. The van der Waals surface area contributed by atoms with Gasteiger partial charge in [0.2, 0.25) is 0 Å². The molecule has 14 heavy (non-hydrogen) atoms. The Morgan fingerprint density at radius 1 is 1.50 bits per heavy atom. The summed E-state index contributed by atoms with van der Waals surface area (Å²) in [5.74, 6) is -0.300. The van der Waals surface area contributed by atoms with E-state index < -0.39 is 0 Å². The van der Waals surface area contributed by atoms with Crippen LogP contribution in [0.1, 0.15) is 13.3 Å². The van der Waals surface area contributed by atoms with Gasteiger partial charge in [0, 0.05) is 12.2 Å². The fraction of sp³-hybridized carbons (Fsp3) is 0.273. The first kappa shape index (κ1) is 10.6. The Hall–Kier alpha value is -1.51. The number of rotatable bonds is 4. The van der Waals surface area contributed by atoms with Crippen LogP contribution in [0.4, 0.5) is 15.8 Å². The first-order chi connectivity index (χ1) is 6.74. The van der Waals surface area contributed by atoms with Gasteiger partial charge >= 0.3 is 0 Å². The van der Waals surface area contributed by atoms with Crippen LogP contribution in [0.3, 0.4) is 0 Å². The summed E-state index contributed by atoms with van der Waals surface area (Å²) in [5, 5.41) is 2.99. The van der Waals surface area contributed by atoms with Crippen molar-refractivity contribution in [2.24, 2.45) is 0 Å². The quantitative estimate of drug-likeness (QED) is 0.439. The Morgan fingerprint density at radius 2 is 2.29 bits per heavy atom. The van der Waals surface area contributed by atoms with Crippen LogP contribution in [0.25, 0.3) is 0 Å². The summed E-state index contributed by atoms with van der Waals surface area (Å²) in [5.41, 5.74) is 6.37. The number of benzene rings is 1. The smallest absolute Gasteiger partial charge is 0.148 e. The third kappa shape index (κ3) is 3.09. The summed E-state index contributed by atoms with van der Waals surface area (Å²) in [7, 11) is 0. The molecule has 0 aliphatic rings. The van der Waals surface area contributed by atoms with Gasteiger partial charge in [-0.25, -0.2) is 4.39 Å². The Labute approximate surface area is 83.6 Å². The van der Waals surface area contributed by atoms with Crippen molar-refractivity contribution in [2.45, 2.75) is 13.3 Å². The van der Waals surface area contributed by atoms with Gasteiger partial charge in [-0.2, -0.15) is 0 Å². The van der Waals surface area contributed by atoms with Crippen molar-refractivity contribution in [1.29, 1.82) is 0 Å². The maximum absolute atomic E-state index is 13.2. The highest BCUT2D eigenvalue weighted by Gasteiger charge is 1.99. The molecule has 1 aromatic rings. The average molecular weight is 194 g/mol. The first-order valence-corrected chi connectivity index (χ1v) is 4.64. The van der Waals surface area contributed by atoms with Gasteiger partial charge in [-0.05, 0) is 31.5 Å². The predicted molar refractivity (Wildman–Crippen MR) is 58.7 cm³/mol. The lowest BCUT2D eigenvalue weighted by molar-refractivity contribution is 0.631. The fourth-order valence-corrected chi connectivity index (χ4v) is 1.13. The van der Waals surface area contributed by atoms with Gasteiger partial charge in [-0.3, -0.25) is 0 Å². The van der Waals surface area contributed by atoms with E-state index in [1.54, 1.807) is 12.1 Å². The van der Waals surface area contributed by atoms with Gasteiger partial charge in [0.1, 0.15) is 5.82 Å². The lowest BCUT2D eigenvalue weighted by Crippen LogP contribution is -2.02. The van der Waals surface area contributed by atoms with Gasteiger partial charge in [-0.1, -0.05) is 12.2 Å². The van der Waals surface area contributed by atoms with Crippen molar-refractivity contribution in [1.82, 2.24) is 0 Å². The Morgan fingerprint density at radius 3 is 2.93 bits per heavy atom. The van der Waals surface area contributed by atoms with Crippen molar-refractivity contribution < 1.29 is 4.39 Å². The molecule has 3 heteroatoms. The van der Waals surface area contributed by atoms with E-state index in [9.17, 15) is 4.39 Å². The van der Waals surface area contributed by atoms with Crippen LogP contribution in [0, 0.1) is 5.82 Å². The van der Waals surface area contributed by atoms with Crippen molar-refractivity contribution in [3.63, 3.8) is 0 Å². The normalized spacial score (nSPS) is 10.7. The third-order valence-corrected chi connectivity index (χ3v) is 1.86. The second kappa shape index (κ2) is 5.27. The molecule has 1 aromatic carbocycles. The molecule has 0 unspecified atom stereocenters. The molecule has 0 fully saturated rings. The standard InChI is InChI=1S/C11H15FN2/c1-2-3-4-7-14-11-6-5-9(13)8-10(11)12/h2-3,5-6,8,14H,4,7,13H2,1H3/b3-2+. The zero-order valence-corrected chi connectivity index (χ0v) is 8.26. The van der Waals surface area contributed by atoms with Gasteiger partial charge in [0.05, 0.1) is 5.69 Å². The van der Waals surface area contributed by atoms with E-state index in [1.807, 2.05) is 19.1 Å². The molecule has 0 atom stereocenters. The lowest BCUT2D eigenvalue weighted by atomic mass is 10.2. The summed E-state index contributed by atoms with van der Waals surface area (Å²) in [6.45, 7) is 2.69. The molecule has 0 aliphatic heterocycles. The Balaban J connectivity index is 2.50. The summed E-state index contributed by atoms with van der Waals surface area (Å²) in [4.78, 5) is 0. The van der Waals surface area contributed by atoms with E-state index in [4.69, 9.17) is 5.73 Å². The number of hydrogen-bond acceptors (Lipinski definition) is 2. The van der Waals surface area contributed by atoms with Gasteiger partial charge in [0.15, 0.2) is 0 Å². The van der Waals surface area contributed by atoms with Crippen LogP contribution in [-0.2, 0) is 0 Å². The minimum absolute atomic E-state index is 0.300. The van der Waals surface area contributed by atoms with Crippen LogP contribution in [0.5, 0.6) is 0 Å². The molecule has 0 aliphatic carbocycles. The van der Waals surface area contributed by atoms with Gasteiger partial charge in [-0.15, -0.1) is 0 Å². The van der Waals surface area contributed by atoms with Crippen LogP contribution in [0.15, 0.2) is 30.4 Å². The molecule has 2 nitrogen and oxygen atoms in total. The van der Waals surface area contributed by atoms with E-state index in [0.717, 1.165) is 13.0 Å². The van der Waals surface area contributed by atoms with E-state index in [1.165, 1.54) is 6.07 Å². The van der Waals surface area contributed by atoms with Crippen molar-refractivity contribution in [2.75, 3.05) is 17.6 Å². The molecular weight excluding hydrogens is 179 g/mol. The Kier molecular flexibility index (Phi) is 3.98. The van der Waals surface area contributed by atoms with Gasteiger partial charge < -0.3 is 11.1 Å². The van der Waals surface area contributed by atoms with E-state index in [0.29, 0.717) is 11.4 Å². The Bertz CT molecular complexity index is 321. The number of nitrogens with two attached hydrogens (primary N) is 1. The molecule has 0 radical (unpaired) electrons. The van der Waals surface area contributed by atoms with Crippen molar-refractivity contribution >= 4 is 11.4 Å². The summed E-state index contributed by atoms with van der Waals surface area (Å²) in [6.07, 6.45) is 4.89. The largest absolute Gasteiger partial charge is 0.399 e. The zero-order chi connectivity index (χ0) is 10.4. The molecule has 0 bridgehead atoms. The van der Waals surface area contributed by atoms with Crippen molar-refractivity contribution in [3.05, 3.63) is 36.2 Å². The molecule has 76 valence electrons. The molecule has 1 rings (SSSR count). The number of nitrogen functional groups attached to an aromatic ring is 1. The number of halogens is 1. The second-order valence-electron chi connectivity index (χ2n) is 3.02. The minimum atomic E-state index is -0.300. The van der Waals surface area contributed by atoms with Crippen molar-refractivity contribution in [3.8, 4) is 0 Å². The highest BCUT2D eigenvalue weighted by atomic mass is 19.1. The minimum Gasteiger partial charge on any atom is -0.399 e. The molecule has 0 heterocycles. The number of anilines is 2. The first-order valence-electron chi connectivity index (χ1n) is 4.64. The summed E-state index contributed by atoms with van der Waals surface area (Å²) >= 11 is 0. The zero-order valence-electron chi connectivity index (χ0n) is 8.26. The van der Waals surface area contributed by atoms with E-state index >= 15 is 0 Å². The third-order valence-electron chi connectivity index (χ3n) is 1.86. The second-order valence-corrected chi connectivity index (χ2v) is 3.02. The van der Waals surface area contributed by atoms with Crippen LogP contribution in [-0.4, -0.2) is 6.54 Å². The SMILES string of the molecule is C/C=C/CCNc1ccc(N)cc1F. The van der Waals surface area contributed by atoms with Crippen LogP contribution >= 0.6 is 0 Å². The number of allylic oxidation sites excluding steroid dienone is 1. The maximum atomic E-state index is 13.2. The highest BCUT2D eigenvalue weighted by Crippen LogP contribution is 2.16. The fourth-order valence-electron chi connectivity index (χ4n) is 1.13. The summed E-state index contributed by atoms with van der Waals surface area (Å²) in [6, 6.07) is 4.65. The van der Waals surface area contributed by atoms with E-state index in [-0.39, 0.29) is 5.82 Å². The molecule has 0 spiro atoms.